The number of carbonyl (C=O) groups excluding carboxylic acids is 2. The van der Waals surface area contributed by atoms with Crippen LogP contribution in [-0.4, -0.2) is 31.3 Å². The zero-order valence-electron chi connectivity index (χ0n) is 15.2. The number of hydrogen-bond donors (Lipinski definition) is 1. The lowest BCUT2D eigenvalue weighted by molar-refractivity contribution is -0.144. The molecule has 0 atom stereocenters. The molecule has 6 heteroatoms. The molecule has 1 N–H and O–H groups in total. The van der Waals surface area contributed by atoms with Gasteiger partial charge >= 0.3 is 5.97 Å². The lowest BCUT2D eigenvalue weighted by atomic mass is 10.0. The molecule has 0 radical (unpaired) electrons. The van der Waals surface area contributed by atoms with Crippen molar-refractivity contribution in [1.82, 2.24) is 0 Å². The van der Waals surface area contributed by atoms with Crippen LogP contribution in [0.4, 0.5) is 5.69 Å². The predicted octanol–water partition coefficient (Wildman–Crippen LogP) is 4.09. The summed E-state index contributed by atoms with van der Waals surface area (Å²) in [7, 11) is 1.60. The summed E-state index contributed by atoms with van der Waals surface area (Å²) >= 11 is 1.35. The minimum absolute atomic E-state index is 0.142. The van der Waals surface area contributed by atoms with Crippen molar-refractivity contribution in [3.05, 3.63) is 54.1 Å². The van der Waals surface area contributed by atoms with E-state index in [1.54, 1.807) is 7.11 Å². The van der Waals surface area contributed by atoms with Crippen molar-refractivity contribution >= 4 is 29.3 Å². The molecule has 0 aliphatic rings. The Morgan fingerprint density at radius 3 is 2.27 bits per heavy atom. The molecule has 0 heterocycles. The molecule has 138 valence electrons. The summed E-state index contributed by atoms with van der Waals surface area (Å²) in [6.07, 6.45) is 0. The van der Waals surface area contributed by atoms with Crippen molar-refractivity contribution in [3.63, 3.8) is 0 Å². The van der Waals surface area contributed by atoms with Gasteiger partial charge in [-0.25, -0.2) is 0 Å². The molecular weight excluding hydrogens is 350 g/mol. The Morgan fingerprint density at radius 2 is 1.69 bits per heavy atom. The van der Waals surface area contributed by atoms with Gasteiger partial charge < -0.3 is 14.8 Å². The van der Waals surface area contributed by atoms with E-state index < -0.39 is 5.97 Å². The highest BCUT2D eigenvalue weighted by atomic mass is 32.2. The van der Waals surface area contributed by atoms with E-state index in [2.05, 4.69) is 19.2 Å². The minimum atomic E-state index is -0.434. The quantitative estimate of drug-likeness (QED) is 0.558. The van der Waals surface area contributed by atoms with E-state index in [9.17, 15) is 9.59 Å². The van der Waals surface area contributed by atoms with Crippen molar-refractivity contribution in [3.8, 4) is 5.75 Å². The number of methoxy groups -OCH3 is 1. The molecule has 26 heavy (non-hydrogen) atoms. The highest BCUT2D eigenvalue weighted by Crippen LogP contribution is 2.21. The first kappa shape index (κ1) is 19.8. The molecule has 0 aromatic heterocycles. The van der Waals surface area contributed by atoms with Gasteiger partial charge in [-0.15, -0.1) is 11.8 Å². The van der Waals surface area contributed by atoms with Crippen molar-refractivity contribution < 1.29 is 19.1 Å². The second kappa shape index (κ2) is 9.87. The van der Waals surface area contributed by atoms with Crippen LogP contribution < -0.4 is 10.1 Å². The Hall–Kier alpha value is -2.47. The molecule has 0 unspecified atom stereocenters. The maximum atomic E-state index is 11.9. The standard InChI is InChI=1S/C20H23NO4S/c1-14(2)15-4-6-16(7-5-15)21-19(22)12-25-20(23)13-26-18-10-8-17(24-3)9-11-18/h4-11,14H,12-13H2,1-3H3,(H,21,22). The number of ether oxygens (including phenoxy) is 2. The Labute approximate surface area is 158 Å². The van der Waals surface area contributed by atoms with Gasteiger partial charge in [-0.2, -0.15) is 0 Å². The molecule has 0 bridgehead atoms. The number of hydrogen-bond acceptors (Lipinski definition) is 5. The summed E-state index contributed by atoms with van der Waals surface area (Å²) in [6.45, 7) is 3.92. The van der Waals surface area contributed by atoms with Crippen LogP contribution in [0.3, 0.4) is 0 Å². The Bertz CT molecular complexity index is 726. The number of nitrogens with one attached hydrogen (secondary N) is 1. The van der Waals surface area contributed by atoms with E-state index in [0.29, 0.717) is 11.6 Å². The van der Waals surface area contributed by atoms with Gasteiger partial charge in [0.25, 0.3) is 5.91 Å². The van der Waals surface area contributed by atoms with E-state index in [-0.39, 0.29) is 18.3 Å². The number of carbonyl (C=O) groups is 2. The third-order valence-corrected chi connectivity index (χ3v) is 4.63. The van der Waals surface area contributed by atoms with Crippen LogP contribution in [0.1, 0.15) is 25.3 Å². The smallest absolute Gasteiger partial charge is 0.316 e. The number of benzene rings is 2. The van der Waals surface area contributed by atoms with Crippen LogP contribution in [0.2, 0.25) is 0 Å². The molecule has 2 aromatic rings. The maximum Gasteiger partial charge on any atom is 0.316 e. The SMILES string of the molecule is COc1ccc(SCC(=O)OCC(=O)Nc2ccc(C(C)C)cc2)cc1. The second-order valence-corrected chi connectivity index (χ2v) is 7.00. The average Bonchev–Trinajstić information content (AvgIpc) is 2.65. The predicted molar refractivity (Wildman–Crippen MR) is 104 cm³/mol. The van der Waals surface area contributed by atoms with Gasteiger partial charge in [-0.1, -0.05) is 26.0 Å². The van der Waals surface area contributed by atoms with Crippen LogP contribution in [-0.2, 0) is 14.3 Å². The van der Waals surface area contributed by atoms with Crippen molar-refractivity contribution in [1.29, 1.82) is 0 Å². The van der Waals surface area contributed by atoms with E-state index in [1.165, 1.54) is 17.3 Å². The topological polar surface area (TPSA) is 64.6 Å². The molecule has 1 amide bonds. The van der Waals surface area contributed by atoms with Gasteiger partial charge in [0.1, 0.15) is 5.75 Å². The number of amides is 1. The minimum Gasteiger partial charge on any atom is -0.497 e. The molecular formula is C20H23NO4S. The Balaban J connectivity index is 1.71. The first-order chi connectivity index (χ1) is 12.5. The van der Waals surface area contributed by atoms with Gasteiger partial charge in [0.15, 0.2) is 6.61 Å². The third-order valence-electron chi connectivity index (χ3n) is 3.64. The fourth-order valence-electron chi connectivity index (χ4n) is 2.15. The largest absolute Gasteiger partial charge is 0.497 e. The summed E-state index contributed by atoms with van der Waals surface area (Å²) in [6, 6.07) is 15.0. The Kier molecular flexibility index (Phi) is 7.53. The molecule has 0 saturated carbocycles. The molecule has 0 spiro atoms. The van der Waals surface area contributed by atoms with Gasteiger partial charge in [-0.05, 0) is 47.9 Å². The number of esters is 1. The molecule has 2 rings (SSSR count). The molecule has 0 fully saturated rings. The fraction of sp³-hybridized carbons (Fsp3) is 0.300. The van der Waals surface area contributed by atoms with Crippen molar-refractivity contribution in [2.75, 3.05) is 24.8 Å². The maximum absolute atomic E-state index is 11.9. The lowest BCUT2D eigenvalue weighted by Gasteiger charge is -2.09. The molecule has 0 saturated heterocycles. The Morgan fingerprint density at radius 1 is 1.04 bits per heavy atom. The average molecular weight is 373 g/mol. The summed E-state index contributed by atoms with van der Waals surface area (Å²) in [5.41, 5.74) is 1.88. The summed E-state index contributed by atoms with van der Waals surface area (Å²) in [5.74, 6) is 0.544. The first-order valence-electron chi connectivity index (χ1n) is 8.30. The molecule has 2 aromatic carbocycles. The van der Waals surface area contributed by atoms with E-state index >= 15 is 0 Å². The first-order valence-corrected chi connectivity index (χ1v) is 9.29. The zero-order valence-corrected chi connectivity index (χ0v) is 16.0. The third kappa shape index (κ3) is 6.44. The van der Waals surface area contributed by atoms with Crippen LogP contribution in [0.5, 0.6) is 5.75 Å². The fourth-order valence-corrected chi connectivity index (χ4v) is 2.85. The second-order valence-electron chi connectivity index (χ2n) is 5.95. The van der Waals surface area contributed by atoms with Gasteiger partial charge in [0, 0.05) is 10.6 Å². The highest BCUT2D eigenvalue weighted by molar-refractivity contribution is 8.00. The van der Waals surface area contributed by atoms with Crippen LogP contribution in [0.25, 0.3) is 0 Å². The number of rotatable bonds is 8. The van der Waals surface area contributed by atoms with Crippen molar-refractivity contribution in [2.45, 2.75) is 24.7 Å². The summed E-state index contributed by atoms with van der Waals surface area (Å²) < 4.78 is 10.1. The van der Waals surface area contributed by atoms with Crippen LogP contribution in [0.15, 0.2) is 53.4 Å². The lowest BCUT2D eigenvalue weighted by Crippen LogP contribution is -2.21. The van der Waals surface area contributed by atoms with Crippen LogP contribution >= 0.6 is 11.8 Å². The summed E-state index contributed by atoms with van der Waals surface area (Å²) in [5, 5.41) is 2.71. The zero-order chi connectivity index (χ0) is 18.9. The molecule has 5 nitrogen and oxygen atoms in total. The van der Waals surface area contributed by atoms with Gasteiger partial charge in [0.05, 0.1) is 12.9 Å². The van der Waals surface area contributed by atoms with Crippen LogP contribution in [0, 0.1) is 0 Å². The molecule has 0 aliphatic heterocycles. The normalized spacial score (nSPS) is 10.5. The van der Waals surface area contributed by atoms with E-state index in [4.69, 9.17) is 9.47 Å². The van der Waals surface area contributed by atoms with E-state index in [1.807, 2.05) is 48.5 Å². The monoisotopic (exact) mass is 373 g/mol. The molecule has 0 aliphatic carbocycles. The van der Waals surface area contributed by atoms with E-state index in [0.717, 1.165) is 10.6 Å². The van der Waals surface area contributed by atoms with Gasteiger partial charge in [-0.3, -0.25) is 9.59 Å². The number of anilines is 1. The van der Waals surface area contributed by atoms with Crippen molar-refractivity contribution in [2.24, 2.45) is 0 Å². The summed E-state index contributed by atoms with van der Waals surface area (Å²) in [4.78, 5) is 24.6. The number of thioether (sulfide) groups is 1. The highest BCUT2D eigenvalue weighted by Gasteiger charge is 2.09. The van der Waals surface area contributed by atoms with Gasteiger partial charge in [0.2, 0.25) is 0 Å².